The normalized spacial score (nSPS) is 29.6. The molecular weight excluding hydrogens is 248 g/mol. The number of ether oxygens (including phenoxy) is 1. The Morgan fingerprint density at radius 3 is 2.85 bits per heavy atom. The van der Waals surface area contributed by atoms with Crippen LogP contribution in [0.25, 0.3) is 0 Å². The summed E-state index contributed by atoms with van der Waals surface area (Å²) in [4.78, 5) is 0. The average molecular weight is 274 g/mol. The first-order chi connectivity index (χ1) is 9.78. The van der Waals surface area contributed by atoms with E-state index in [0.717, 1.165) is 17.4 Å². The molecule has 1 aromatic rings. The fourth-order valence-electron chi connectivity index (χ4n) is 3.84. The maximum Gasteiger partial charge on any atom is 0.142 e. The first-order valence-corrected chi connectivity index (χ1v) is 7.92. The maximum atomic E-state index is 5.52. The molecule has 1 aromatic carbocycles. The second-order valence-corrected chi connectivity index (χ2v) is 6.25. The van der Waals surface area contributed by atoms with Gasteiger partial charge in [0.1, 0.15) is 5.75 Å². The van der Waals surface area contributed by atoms with Crippen LogP contribution in [0.5, 0.6) is 5.75 Å². The maximum absolute atomic E-state index is 5.52. The van der Waals surface area contributed by atoms with Gasteiger partial charge in [0.15, 0.2) is 0 Å². The number of anilines is 1. The quantitative estimate of drug-likeness (QED) is 0.883. The molecule has 0 amide bonds. The molecule has 1 aliphatic carbocycles. The molecule has 20 heavy (non-hydrogen) atoms. The highest BCUT2D eigenvalue weighted by molar-refractivity contribution is 5.58. The molecule has 0 aromatic heterocycles. The number of hydrogen-bond acceptors (Lipinski definition) is 3. The zero-order chi connectivity index (χ0) is 13.9. The lowest BCUT2D eigenvalue weighted by molar-refractivity contribution is 0.373. The van der Waals surface area contributed by atoms with Gasteiger partial charge in [-0.2, -0.15) is 0 Å². The van der Waals surface area contributed by atoms with Crippen LogP contribution in [0.2, 0.25) is 0 Å². The van der Waals surface area contributed by atoms with Crippen molar-refractivity contribution in [3.8, 4) is 5.75 Å². The second kappa shape index (κ2) is 6.04. The number of methoxy groups -OCH3 is 1. The third kappa shape index (κ3) is 2.78. The summed E-state index contributed by atoms with van der Waals surface area (Å²) in [5, 5.41) is 7.43. The number of nitrogens with one attached hydrogen (secondary N) is 2. The highest BCUT2D eigenvalue weighted by atomic mass is 16.5. The topological polar surface area (TPSA) is 33.3 Å². The van der Waals surface area contributed by atoms with Crippen LogP contribution >= 0.6 is 0 Å². The molecule has 110 valence electrons. The van der Waals surface area contributed by atoms with Crippen molar-refractivity contribution in [1.82, 2.24) is 5.32 Å². The van der Waals surface area contributed by atoms with E-state index in [4.69, 9.17) is 4.74 Å². The largest absolute Gasteiger partial charge is 0.495 e. The van der Waals surface area contributed by atoms with Crippen LogP contribution in [0.4, 0.5) is 5.69 Å². The van der Waals surface area contributed by atoms with Crippen LogP contribution in [0, 0.1) is 12.8 Å². The van der Waals surface area contributed by atoms with Crippen molar-refractivity contribution in [3.63, 3.8) is 0 Å². The van der Waals surface area contributed by atoms with Gasteiger partial charge >= 0.3 is 0 Å². The van der Waals surface area contributed by atoms with Gasteiger partial charge in [-0.25, -0.2) is 0 Å². The summed E-state index contributed by atoms with van der Waals surface area (Å²) >= 11 is 0. The van der Waals surface area contributed by atoms with E-state index in [1.807, 2.05) is 0 Å². The number of benzene rings is 1. The third-order valence-electron chi connectivity index (χ3n) is 4.88. The number of hydrogen-bond donors (Lipinski definition) is 2. The highest BCUT2D eigenvalue weighted by Crippen LogP contribution is 2.36. The molecule has 1 aliphatic heterocycles. The van der Waals surface area contributed by atoms with Gasteiger partial charge in [-0.1, -0.05) is 12.5 Å². The van der Waals surface area contributed by atoms with Crippen molar-refractivity contribution >= 4 is 5.69 Å². The molecule has 2 fully saturated rings. The predicted molar refractivity (Wildman–Crippen MR) is 83.5 cm³/mol. The van der Waals surface area contributed by atoms with Crippen LogP contribution in [-0.2, 0) is 0 Å². The van der Waals surface area contributed by atoms with Crippen LogP contribution < -0.4 is 15.4 Å². The van der Waals surface area contributed by atoms with Gasteiger partial charge < -0.3 is 15.4 Å². The molecule has 3 atom stereocenters. The molecule has 1 saturated carbocycles. The minimum absolute atomic E-state index is 0.585. The Kier molecular flexibility index (Phi) is 4.16. The zero-order valence-electron chi connectivity index (χ0n) is 12.6. The lowest BCUT2D eigenvalue weighted by atomic mass is 9.93. The van der Waals surface area contributed by atoms with Gasteiger partial charge in [0.05, 0.1) is 12.8 Å². The van der Waals surface area contributed by atoms with Gasteiger partial charge in [-0.3, -0.25) is 0 Å². The highest BCUT2D eigenvalue weighted by Gasteiger charge is 2.35. The van der Waals surface area contributed by atoms with Crippen LogP contribution in [0.3, 0.4) is 0 Å². The van der Waals surface area contributed by atoms with E-state index >= 15 is 0 Å². The summed E-state index contributed by atoms with van der Waals surface area (Å²) in [5.74, 6) is 1.73. The summed E-state index contributed by atoms with van der Waals surface area (Å²) in [6.45, 7) is 3.30. The van der Waals surface area contributed by atoms with Crippen molar-refractivity contribution in [2.24, 2.45) is 5.92 Å². The molecule has 0 radical (unpaired) electrons. The average Bonchev–Trinajstić information content (AvgIpc) is 3.11. The van der Waals surface area contributed by atoms with Gasteiger partial charge in [0.25, 0.3) is 0 Å². The van der Waals surface area contributed by atoms with Gasteiger partial charge in [-0.05, 0) is 62.8 Å². The van der Waals surface area contributed by atoms with Gasteiger partial charge in [0, 0.05) is 12.1 Å². The van der Waals surface area contributed by atoms with Crippen LogP contribution in [-0.4, -0.2) is 25.7 Å². The molecule has 3 unspecified atom stereocenters. The molecule has 0 bridgehead atoms. The number of aryl methyl sites for hydroxylation is 1. The molecular formula is C17H26N2O. The van der Waals surface area contributed by atoms with E-state index in [-0.39, 0.29) is 0 Å². The molecule has 1 heterocycles. The smallest absolute Gasteiger partial charge is 0.142 e. The summed E-state index contributed by atoms with van der Waals surface area (Å²) in [7, 11) is 1.75. The first-order valence-electron chi connectivity index (χ1n) is 7.92. The Balaban J connectivity index is 1.73. The van der Waals surface area contributed by atoms with Crippen molar-refractivity contribution in [1.29, 1.82) is 0 Å². The van der Waals surface area contributed by atoms with Crippen LogP contribution in [0.15, 0.2) is 18.2 Å². The molecule has 1 saturated heterocycles. The zero-order valence-corrected chi connectivity index (χ0v) is 12.6. The third-order valence-corrected chi connectivity index (χ3v) is 4.88. The number of rotatable bonds is 4. The molecule has 3 nitrogen and oxygen atoms in total. The Labute approximate surface area is 122 Å². The predicted octanol–water partition coefficient (Wildman–Crippen LogP) is 3.34. The monoisotopic (exact) mass is 274 g/mol. The Hall–Kier alpha value is -1.22. The first kappa shape index (κ1) is 13.7. The molecule has 0 spiro atoms. The van der Waals surface area contributed by atoms with Gasteiger partial charge in [-0.15, -0.1) is 0 Å². The lowest BCUT2D eigenvalue weighted by Crippen LogP contribution is -2.38. The fourth-order valence-corrected chi connectivity index (χ4v) is 3.84. The molecule has 3 heteroatoms. The Morgan fingerprint density at radius 2 is 2.10 bits per heavy atom. The molecule has 2 N–H and O–H groups in total. The van der Waals surface area contributed by atoms with E-state index in [2.05, 4.69) is 35.8 Å². The SMILES string of the molecule is COc1cc(C)ccc1NC1CCCC1C1CCCN1. The minimum Gasteiger partial charge on any atom is -0.495 e. The van der Waals surface area contributed by atoms with Gasteiger partial charge in [0.2, 0.25) is 0 Å². The fraction of sp³-hybridized carbons (Fsp3) is 0.647. The van der Waals surface area contributed by atoms with Crippen molar-refractivity contribution in [3.05, 3.63) is 23.8 Å². The minimum atomic E-state index is 0.585. The Bertz CT molecular complexity index is 454. The molecule has 3 rings (SSSR count). The van der Waals surface area contributed by atoms with Crippen molar-refractivity contribution in [2.75, 3.05) is 19.0 Å². The Morgan fingerprint density at radius 1 is 1.20 bits per heavy atom. The van der Waals surface area contributed by atoms with E-state index in [1.54, 1.807) is 7.11 Å². The van der Waals surface area contributed by atoms with E-state index in [1.165, 1.54) is 44.2 Å². The molecule has 2 aliphatic rings. The summed E-state index contributed by atoms with van der Waals surface area (Å²) < 4.78 is 5.52. The standard InChI is InChI=1S/C17H26N2O/c1-12-8-9-16(17(11-12)20-2)19-15-6-3-5-13(15)14-7-4-10-18-14/h8-9,11,13-15,18-19H,3-7,10H2,1-2H3. The van der Waals surface area contributed by atoms with E-state index < -0.39 is 0 Å². The lowest BCUT2D eigenvalue weighted by Gasteiger charge is -2.28. The van der Waals surface area contributed by atoms with Crippen molar-refractivity contribution in [2.45, 2.75) is 51.1 Å². The summed E-state index contributed by atoms with van der Waals surface area (Å²) in [6, 6.07) is 7.72. The van der Waals surface area contributed by atoms with Crippen molar-refractivity contribution < 1.29 is 4.74 Å². The second-order valence-electron chi connectivity index (χ2n) is 6.25. The van der Waals surface area contributed by atoms with E-state index in [0.29, 0.717) is 12.1 Å². The van der Waals surface area contributed by atoms with Crippen LogP contribution in [0.1, 0.15) is 37.7 Å². The summed E-state index contributed by atoms with van der Waals surface area (Å²) in [5.41, 5.74) is 2.39. The van der Waals surface area contributed by atoms with E-state index in [9.17, 15) is 0 Å². The summed E-state index contributed by atoms with van der Waals surface area (Å²) in [6.07, 6.45) is 6.65.